The van der Waals surface area contributed by atoms with Crippen molar-refractivity contribution in [2.75, 3.05) is 13.7 Å². The van der Waals surface area contributed by atoms with Crippen LogP contribution in [0, 0.1) is 6.92 Å². The number of nitrogens with one attached hydrogen (secondary N) is 2. The van der Waals surface area contributed by atoms with Crippen molar-refractivity contribution in [3.05, 3.63) is 93.5 Å². The van der Waals surface area contributed by atoms with Crippen LogP contribution in [0.5, 0.6) is 11.5 Å². The maximum Gasteiger partial charge on any atom is 0.343 e. The number of aryl methyl sites for hydroxylation is 1. The highest BCUT2D eigenvalue weighted by Gasteiger charge is 2.14. The smallest absolute Gasteiger partial charge is 0.343 e. The summed E-state index contributed by atoms with van der Waals surface area (Å²) in [5, 5.41) is 6.42. The van der Waals surface area contributed by atoms with Gasteiger partial charge in [0, 0.05) is 15.6 Å². The Morgan fingerprint density at radius 2 is 1.76 bits per heavy atom. The molecule has 0 aromatic heterocycles. The molecule has 3 rings (SSSR count). The van der Waals surface area contributed by atoms with E-state index in [0.29, 0.717) is 22.4 Å². The van der Waals surface area contributed by atoms with Crippen molar-refractivity contribution in [3.8, 4) is 11.5 Å². The van der Waals surface area contributed by atoms with E-state index in [0.717, 1.165) is 10.0 Å². The summed E-state index contributed by atoms with van der Waals surface area (Å²) in [5.41, 5.74) is 4.45. The number of amides is 2. The number of nitrogens with zero attached hydrogens (tertiary/aromatic N) is 1. The highest BCUT2D eigenvalue weighted by atomic mass is 79.9. The fraction of sp³-hybridized carbons (Fsp3) is 0.120. The second kappa shape index (κ2) is 11.8. The molecule has 9 heteroatoms. The third-order valence-electron chi connectivity index (χ3n) is 4.69. The van der Waals surface area contributed by atoms with Crippen LogP contribution in [-0.2, 0) is 4.79 Å². The molecule has 3 aromatic rings. The predicted molar refractivity (Wildman–Crippen MR) is 131 cm³/mol. The summed E-state index contributed by atoms with van der Waals surface area (Å²) in [6.07, 6.45) is 1.36. The van der Waals surface area contributed by atoms with Gasteiger partial charge in [0.25, 0.3) is 11.8 Å². The van der Waals surface area contributed by atoms with Crippen molar-refractivity contribution in [2.24, 2.45) is 5.10 Å². The van der Waals surface area contributed by atoms with Crippen LogP contribution in [0.2, 0.25) is 0 Å². The first kappa shape index (κ1) is 24.7. The summed E-state index contributed by atoms with van der Waals surface area (Å²) in [6, 6.07) is 18.7. The predicted octanol–water partition coefficient (Wildman–Crippen LogP) is 3.87. The Bertz CT molecular complexity index is 1230. The van der Waals surface area contributed by atoms with Crippen LogP contribution in [0.25, 0.3) is 0 Å². The molecule has 0 fully saturated rings. The number of hydrogen-bond donors (Lipinski definition) is 2. The highest BCUT2D eigenvalue weighted by molar-refractivity contribution is 9.10. The van der Waals surface area contributed by atoms with Gasteiger partial charge in [-0.15, -0.1) is 0 Å². The Labute approximate surface area is 205 Å². The highest BCUT2D eigenvalue weighted by Crippen LogP contribution is 2.23. The molecule has 2 amide bonds. The molecular weight excluding hydrogens is 502 g/mol. The van der Waals surface area contributed by atoms with Crippen molar-refractivity contribution >= 4 is 39.9 Å². The van der Waals surface area contributed by atoms with Gasteiger partial charge in [-0.2, -0.15) is 5.10 Å². The van der Waals surface area contributed by atoms with Crippen molar-refractivity contribution in [2.45, 2.75) is 6.92 Å². The van der Waals surface area contributed by atoms with E-state index in [2.05, 4.69) is 31.8 Å². The van der Waals surface area contributed by atoms with Gasteiger partial charge >= 0.3 is 5.97 Å². The fourth-order valence-electron chi connectivity index (χ4n) is 2.89. The van der Waals surface area contributed by atoms with Crippen LogP contribution < -0.4 is 20.2 Å². The maximum atomic E-state index is 12.6. The van der Waals surface area contributed by atoms with Gasteiger partial charge in [0.05, 0.1) is 25.4 Å². The minimum atomic E-state index is -0.522. The first-order chi connectivity index (χ1) is 16.4. The normalized spacial score (nSPS) is 10.6. The van der Waals surface area contributed by atoms with E-state index in [1.54, 1.807) is 54.6 Å². The van der Waals surface area contributed by atoms with Gasteiger partial charge < -0.3 is 14.8 Å². The largest absolute Gasteiger partial charge is 0.497 e. The molecule has 34 heavy (non-hydrogen) atoms. The lowest BCUT2D eigenvalue weighted by atomic mass is 10.1. The first-order valence-corrected chi connectivity index (χ1v) is 11.0. The van der Waals surface area contributed by atoms with Crippen molar-refractivity contribution in [1.82, 2.24) is 10.7 Å². The Morgan fingerprint density at radius 3 is 2.47 bits per heavy atom. The van der Waals surface area contributed by atoms with Crippen LogP contribution in [-0.4, -0.2) is 37.7 Å². The topological polar surface area (TPSA) is 106 Å². The quantitative estimate of drug-likeness (QED) is 0.202. The molecule has 2 N–H and O–H groups in total. The third kappa shape index (κ3) is 6.76. The molecule has 0 aliphatic heterocycles. The van der Waals surface area contributed by atoms with E-state index in [1.165, 1.54) is 13.3 Å². The zero-order valence-electron chi connectivity index (χ0n) is 18.5. The van der Waals surface area contributed by atoms with E-state index in [1.807, 2.05) is 19.1 Å². The van der Waals surface area contributed by atoms with Gasteiger partial charge in [-0.3, -0.25) is 9.59 Å². The van der Waals surface area contributed by atoms with Crippen LogP contribution in [0.3, 0.4) is 0 Å². The van der Waals surface area contributed by atoms with Gasteiger partial charge in [0.1, 0.15) is 11.5 Å². The fourth-order valence-corrected chi connectivity index (χ4v) is 3.27. The van der Waals surface area contributed by atoms with E-state index >= 15 is 0 Å². The number of ether oxygens (including phenoxy) is 2. The molecule has 0 saturated carbocycles. The maximum absolute atomic E-state index is 12.6. The van der Waals surface area contributed by atoms with Crippen LogP contribution in [0.15, 0.2) is 76.3 Å². The lowest BCUT2D eigenvalue weighted by molar-refractivity contribution is -0.120. The molecule has 8 nitrogen and oxygen atoms in total. The third-order valence-corrected chi connectivity index (χ3v) is 5.19. The Balaban J connectivity index is 1.58. The Morgan fingerprint density at radius 1 is 1.03 bits per heavy atom. The number of methoxy groups -OCH3 is 1. The molecule has 0 saturated heterocycles. The molecule has 0 unspecified atom stereocenters. The van der Waals surface area contributed by atoms with E-state index in [4.69, 9.17) is 9.47 Å². The Hall–Kier alpha value is -3.98. The first-order valence-electron chi connectivity index (χ1n) is 10.2. The monoisotopic (exact) mass is 523 g/mol. The lowest BCUT2D eigenvalue weighted by Gasteiger charge is -2.09. The number of rotatable bonds is 8. The van der Waals surface area contributed by atoms with E-state index < -0.39 is 17.8 Å². The standard InChI is InChI=1S/C25H22BrN3O5/c1-16-5-3-4-6-21(16)25(32)34-22-12-9-19(26)13-18(22)14-28-29-23(30)15-27-24(31)17-7-10-20(33-2)11-8-17/h3-14H,15H2,1-2H3,(H,27,31)(H,29,30)/b28-14-. The number of carbonyl (C=O) groups is 3. The number of esters is 1. The summed E-state index contributed by atoms with van der Waals surface area (Å²) in [4.78, 5) is 36.8. The molecule has 3 aromatic carbocycles. The summed E-state index contributed by atoms with van der Waals surface area (Å²) in [5.74, 6) is -0.520. The second-order valence-corrected chi connectivity index (χ2v) is 8.01. The molecular formula is C25H22BrN3O5. The minimum absolute atomic E-state index is 0.268. The summed E-state index contributed by atoms with van der Waals surface area (Å²) >= 11 is 3.37. The molecule has 0 spiro atoms. The van der Waals surface area contributed by atoms with Gasteiger partial charge in [-0.25, -0.2) is 10.2 Å². The van der Waals surface area contributed by atoms with Gasteiger partial charge in [-0.1, -0.05) is 34.1 Å². The second-order valence-electron chi connectivity index (χ2n) is 7.09. The van der Waals surface area contributed by atoms with Crippen molar-refractivity contribution < 1.29 is 23.9 Å². The average molecular weight is 524 g/mol. The summed E-state index contributed by atoms with van der Waals surface area (Å²) < 4.78 is 11.3. The Kier molecular flexibility index (Phi) is 8.53. The molecule has 0 heterocycles. The number of hydrazone groups is 1. The van der Waals surface area contributed by atoms with E-state index in [-0.39, 0.29) is 12.3 Å². The SMILES string of the molecule is COc1ccc(C(=O)NCC(=O)N/N=C\c2cc(Br)ccc2OC(=O)c2ccccc2C)cc1. The number of hydrogen-bond acceptors (Lipinski definition) is 6. The molecule has 0 aliphatic carbocycles. The number of halogens is 1. The average Bonchev–Trinajstić information content (AvgIpc) is 2.84. The van der Waals surface area contributed by atoms with Crippen molar-refractivity contribution in [3.63, 3.8) is 0 Å². The van der Waals surface area contributed by atoms with Crippen LogP contribution in [0.1, 0.15) is 31.8 Å². The van der Waals surface area contributed by atoms with Gasteiger partial charge in [0.2, 0.25) is 0 Å². The summed E-state index contributed by atoms with van der Waals surface area (Å²) in [7, 11) is 1.53. The van der Waals surface area contributed by atoms with Gasteiger partial charge in [-0.05, 0) is 61.0 Å². The molecule has 0 atom stereocenters. The molecule has 0 radical (unpaired) electrons. The summed E-state index contributed by atoms with van der Waals surface area (Å²) in [6.45, 7) is 1.55. The van der Waals surface area contributed by atoms with Crippen LogP contribution in [0.4, 0.5) is 0 Å². The zero-order valence-corrected chi connectivity index (χ0v) is 20.1. The minimum Gasteiger partial charge on any atom is -0.497 e. The number of carbonyl (C=O) groups excluding carboxylic acids is 3. The molecule has 0 aliphatic rings. The van der Waals surface area contributed by atoms with E-state index in [9.17, 15) is 14.4 Å². The molecule has 0 bridgehead atoms. The van der Waals surface area contributed by atoms with Gasteiger partial charge in [0.15, 0.2) is 0 Å². The zero-order chi connectivity index (χ0) is 24.5. The molecule has 174 valence electrons. The van der Waals surface area contributed by atoms with Crippen molar-refractivity contribution in [1.29, 1.82) is 0 Å². The van der Waals surface area contributed by atoms with Crippen LogP contribution >= 0.6 is 15.9 Å². The number of benzene rings is 3. The lowest BCUT2D eigenvalue weighted by Crippen LogP contribution is -2.34.